The quantitative estimate of drug-likeness (QED) is 0.701. The van der Waals surface area contributed by atoms with Crippen molar-refractivity contribution in [2.24, 2.45) is 11.8 Å². The third-order valence-electron chi connectivity index (χ3n) is 6.83. The van der Waals surface area contributed by atoms with Crippen molar-refractivity contribution < 1.29 is 23.9 Å². The van der Waals surface area contributed by atoms with Gasteiger partial charge in [0.2, 0.25) is 5.91 Å². The zero-order valence-corrected chi connectivity index (χ0v) is 21.3. The fraction of sp³-hybridized carbons (Fsp3) is 0.481. The van der Waals surface area contributed by atoms with Crippen molar-refractivity contribution in [1.82, 2.24) is 14.8 Å². The number of rotatable bonds is 4. The first kappa shape index (κ1) is 25.6. The predicted molar refractivity (Wildman–Crippen MR) is 135 cm³/mol. The van der Waals surface area contributed by atoms with Gasteiger partial charge in [0.1, 0.15) is 12.4 Å². The third-order valence-corrected chi connectivity index (χ3v) is 6.83. The van der Waals surface area contributed by atoms with E-state index in [0.717, 1.165) is 12.8 Å². The lowest BCUT2D eigenvalue weighted by Crippen LogP contribution is -2.48. The summed E-state index contributed by atoms with van der Waals surface area (Å²) in [4.78, 5) is 46.6. The molecule has 2 aromatic rings. The van der Waals surface area contributed by atoms with Crippen molar-refractivity contribution in [1.29, 1.82) is 0 Å². The Morgan fingerprint density at radius 2 is 1.94 bits per heavy atom. The van der Waals surface area contributed by atoms with Gasteiger partial charge in [-0.3, -0.25) is 19.4 Å². The Morgan fingerprint density at radius 1 is 1.17 bits per heavy atom. The number of nitrogens with zero attached hydrogens (tertiary/aromatic N) is 3. The number of benzene rings is 1. The maximum Gasteiger partial charge on any atom is 0.257 e. The Balaban J connectivity index is 1.65. The molecule has 1 aromatic carbocycles. The number of aromatic nitrogens is 1. The third kappa shape index (κ3) is 5.84. The van der Waals surface area contributed by atoms with Crippen LogP contribution in [0.4, 0.5) is 5.69 Å². The lowest BCUT2D eigenvalue weighted by molar-refractivity contribution is -0.117. The van der Waals surface area contributed by atoms with Gasteiger partial charge in [-0.15, -0.1) is 0 Å². The molecule has 0 bridgehead atoms. The molecular formula is C27H34N4O5. The lowest BCUT2D eigenvalue weighted by Gasteiger charge is -2.36. The van der Waals surface area contributed by atoms with Gasteiger partial charge in [0, 0.05) is 57.2 Å². The number of methoxy groups -OCH3 is 1. The van der Waals surface area contributed by atoms with E-state index in [4.69, 9.17) is 9.47 Å². The molecule has 0 radical (unpaired) electrons. The number of hydrogen-bond acceptors (Lipinski definition) is 6. The summed E-state index contributed by atoms with van der Waals surface area (Å²) in [5.41, 5.74) is 1.41. The van der Waals surface area contributed by atoms with Crippen LogP contribution >= 0.6 is 0 Å². The van der Waals surface area contributed by atoms with E-state index >= 15 is 0 Å². The number of ether oxygens (including phenoxy) is 2. The van der Waals surface area contributed by atoms with Crippen molar-refractivity contribution in [3.05, 3.63) is 53.9 Å². The highest BCUT2D eigenvalue weighted by molar-refractivity contribution is 6.00. The average molecular weight is 495 g/mol. The highest BCUT2D eigenvalue weighted by Crippen LogP contribution is 2.31. The number of carbonyl (C=O) groups is 3. The molecule has 4 rings (SSSR count). The summed E-state index contributed by atoms with van der Waals surface area (Å²) < 4.78 is 11.9. The van der Waals surface area contributed by atoms with Crippen LogP contribution < -0.4 is 10.1 Å². The van der Waals surface area contributed by atoms with E-state index in [1.165, 1.54) is 0 Å². The second-order valence-corrected chi connectivity index (χ2v) is 9.77. The summed E-state index contributed by atoms with van der Waals surface area (Å²) in [6.07, 6.45) is 4.68. The zero-order chi connectivity index (χ0) is 25.8. The van der Waals surface area contributed by atoms with Gasteiger partial charge < -0.3 is 24.6 Å². The Bertz CT molecular complexity index is 1100. The molecule has 2 aliphatic rings. The maximum atomic E-state index is 13.5. The second-order valence-electron chi connectivity index (χ2n) is 9.77. The van der Waals surface area contributed by atoms with E-state index in [-0.39, 0.29) is 48.3 Å². The number of likely N-dealkylation sites (N-methyl/N-ethyl adjacent to an activating group) is 1. The summed E-state index contributed by atoms with van der Waals surface area (Å²) in [7, 11) is 3.33. The van der Waals surface area contributed by atoms with E-state index in [9.17, 15) is 14.4 Å². The number of pyridine rings is 1. The number of fused-ring (bicyclic) bond motifs is 1. The maximum absolute atomic E-state index is 13.5. The molecule has 2 heterocycles. The molecule has 1 N–H and O–H groups in total. The first-order valence-corrected chi connectivity index (χ1v) is 12.4. The molecule has 1 aromatic heterocycles. The molecule has 3 amide bonds. The summed E-state index contributed by atoms with van der Waals surface area (Å²) in [5, 5.41) is 2.90. The summed E-state index contributed by atoms with van der Waals surface area (Å²) in [6.45, 7) is 4.88. The van der Waals surface area contributed by atoms with Gasteiger partial charge in [-0.1, -0.05) is 6.92 Å². The minimum absolute atomic E-state index is 0.0312. The Labute approximate surface area is 211 Å². The van der Waals surface area contributed by atoms with Crippen molar-refractivity contribution >= 4 is 23.4 Å². The minimum Gasteiger partial charge on any atom is -0.491 e. The highest BCUT2D eigenvalue weighted by Gasteiger charge is 2.32. The molecule has 3 atom stereocenters. The summed E-state index contributed by atoms with van der Waals surface area (Å²) >= 11 is 0. The van der Waals surface area contributed by atoms with Crippen LogP contribution in [-0.4, -0.2) is 78.5 Å². The van der Waals surface area contributed by atoms with Gasteiger partial charge in [0.15, 0.2) is 0 Å². The van der Waals surface area contributed by atoms with E-state index in [2.05, 4.69) is 10.3 Å². The molecule has 36 heavy (non-hydrogen) atoms. The molecule has 0 unspecified atom stereocenters. The van der Waals surface area contributed by atoms with E-state index in [0.29, 0.717) is 35.7 Å². The number of amides is 3. The molecule has 1 aliphatic carbocycles. The predicted octanol–water partition coefficient (Wildman–Crippen LogP) is 3.08. The van der Waals surface area contributed by atoms with Crippen LogP contribution in [0, 0.1) is 11.8 Å². The minimum atomic E-state index is -0.295. The zero-order valence-electron chi connectivity index (χ0n) is 21.3. The first-order valence-electron chi connectivity index (χ1n) is 12.4. The summed E-state index contributed by atoms with van der Waals surface area (Å²) in [5.74, 6) is -0.0000637. The molecule has 1 aliphatic heterocycles. The molecule has 1 saturated carbocycles. The van der Waals surface area contributed by atoms with Crippen molar-refractivity contribution in [2.45, 2.75) is 38.8 Å². The van der Waals surface area contributed by atoms with Gasteiger partial charge in [-0.05, 0) is 50.1 Å². The Hall–Kier alpha value is -3.46. The van der Waals surface area contributed by atoms with Crippen LogP contribution in [0.1, 0.15) is 47.4 Å². The van der Waals surface area contributed by atoms with Gasteiger partial charge in [0.25, 0.3) is 11.8 Å². The summed E-state index contributed by atoms with van der Waals surface area (Å²) in [6, 6.07) is 8.30. The molecule has 9 nitrogen and oxygen atoms in total. The van der Waals surface area contributed by atoms with Crippen LogP contribution in [-0.2, 0) is 9.53 Å². The van der Waals surface area contributed by atoms with Crippen LogP contribution in [0.2, 0.25) is 0 Å². The van der Waals surface area contributed by atoms with Crippen LogP contribution in [0.5, 0.6) is 5.75 Å². The van der Waals surface area contributed by atoms with Gasteiger partial charge in [-0.25, -0.2) is 0 Å². The van der Waals surface area contributed by atoms with E-state index < -0.39 is 0 Å². The average Bonchev–Trinajstić information content (AvgIpc) is 3.74. The van der Waals surface area contributed by atoms with Crippen LogP contribution in [0.25, 0.3) is 0 Å². The van der Waals surface area contributed by atoms with Gasteiger partial charge >= 0.3 is 0 Å². The first-order chi connectivity index (χ1) is 17.3. The number of nitrogens with one attached hydrogen (secondary N) is 1. The molecule has 192 valence electrons. The molecule has 9 heteroatoms. The lowest BCUT2D eigenvalue weighted by atomic mass is 10.0. The normalized spacial score (nSPS) is 23.1. The van der Waals surface area contributed by atoms with Crippen LogP contribution in [0.3, 0.4) is 0 Å². The SMILES string of the molecule is CO[C@H]1CN(C)C(=O)c2cc(NC(=O)C3CC3)ccc2OC[C@H](C)N(C(=O)c2cccnc2)C[C@@H]1C. The number of carbonyl (C=O) groups excluding carboxylic acids is 3. The molecule has 0 saturated heterocycles. The fourth-order valence-corrected chi connectivity index (χ4v) is 4.38. The van der Waals surface area contributed by atoms with Crippen molar-refractivity contribution in [3.63, 3.8) is 0 Å². The highest BCUT2D eigenvalue weighted by atomic mass is 16.5. The second kappa shape index (κ2) is 11.1. The van der Waals surface area contributed by atoms with Gasteiger partial charge in [-0.2, -0.15) is 0 Å². The van der Waals surface area contributed by atoms with Crippen LogP contribution in [0.15, 0.2) is 42.7 Å². The monoisotopic (exact) mass is 494 g/mol. The Morgan fingerprint density at radius 3 is 2.61 bits per heavy atom. The number of hydrogen-bond donors (Lipinski definition) is 1. The molecular weight excluding hydrogens is 460 g/mol. The van der Waals surface area contributed by atoms with E-state index in [1.54, 1.807) is 66.7 Å². The standard InChI is InChI=1S/C27H34N4O5/c1-17-14-31(26(33)20-6-5-11-28-13-20)18(2)16-36-23-10-9-21(29-25(32)19-7-8-19)12-22(23)27(34)30(3)15-24(17)35-4/h5-6,9-13,17-19,24H,7-8,14-16H2,1-4H3,(H,29,32)/t17-,18-,24-/m0/s1. The Kier molecular flexibility index (Phi) is 7.88. The van der Waals surface area contributed by atoms with Crippen molar-refractivity contribution in [3.8, 4) is 5.75 Å². The molecule has 0 spiro atoms. The van der Waals surface area contributed by atoms with Gasteiger partial charge in [0.05, 0.1) is 23.3 Å². The topological polar surface area (TPSA) is 101 Å². The smallest absolute Gasteiger partial charge is 0.257 e. The largest absolute Gasteiger partial charge is 0.491 e. The number of anilines is 1. The molecule has 1 fully saturated rings. The fourth-order valence-electron chi connectivity index (χ4n) is 4.38. The van der Waals surface area contributed by atoms with Crippen molar-refractivity contribution in [2.75, 3.05) is 39.2 Å². The van der Waals surface area contributed by atoms with E-state index in [1.807, 2.05) is 13.8 Å².